The van der Waals surface area contributed by atoms with Crippen LogP contribution in [0.2, 0.25) is 0 Å². The Kier molecular flexibility index (Phi) is 8.84. The molecule has 2 rings (SSSR count). The summed E-state index contributed by atoms with van der Waals surface area (Å²) in [5, 5.41) is 6.81. The summed E-state index contributed by atoms with van der Waals surface area (Å²) in [5.74, 6) is 0.937. The highest BCUT2D eigenvalue weighted by Crippen LogP contribution is 2.34. The molecule has 1 aliphatic heterocycles. The summed E-state index contributed by atoms with van der Waals surface area (Å²) in [7, 11) is 1.74. The first-order valence-corrected chi connectivity index (χ1v) is 9.65. The van der Waals surface area contributed by atoms with Gasteiger partial charge in [-0.1, -0.05) is 19.3 Å². The second-order valence-electron chi connectivity index (χ2n) is 6.85. The quantitative estimate of drug-likeness (QED) is 0.399. The maximum atomic E-state index is 5.56. The minimum absolute atomic E-state index is 0.233. The second-order valence-corrected chi connectivity index (χ2v) is 6.85. The number of aliphatic imine (C=N–C) groups is 1. The summed E-state index contributed by atoms with van der Waals surface area (Å²) in [5.41, 5.74) is 0.233. The molecule has 2 N–H and O–H groups in total. The Balaban J connectivity index is 1.97. The molecule has 140 valence electrons. The van der Waals surface area contributed by atoms with Crippen LogP contribution in [0, 0.1) is 0 Å². The highest BCUT2D eigenvalue weighted by Gasteiger charge is 2.38. The predicted octanol–water partition coefficient (Wildman–Crippen LogP) is 1.61. The van der Waals surface area contributed by atoms with E-state index in [0.29, 0.717) is 0 Å². The van der Waals surface area contributed by atoms with Gasteiger partial charge >= 0.3 is 0 Å². The van der Waals surface area contributed by atoms with Crippen molar-refractivity contribution in [3.05, 3.63) is 0 Å². The molecular weight excluding hydrogens is 304 g/mol. The summed E-state index contributed by atoms with van der Waals surface area (Å²) in [6, 6.07) is 0. The Hall–Kier alpha value is -0.850. The zero-order valence-electron chi connectivity index (χ0n) is 15.6. The Bertz CT molecular complexity index is 364. The Morgan fingerprint density at radius 2 is 1.92 bits per heavy atom. The molecule has 0 spiro atoms. The summed E-state index contributed by atoms with van der Waals surface area (Å²) in [6.07, 6.45) is 7.54. The number of guanidine groups is 1. The van der Waals surface area contributed by atoms with Crippen LogP contribution in [0.25, 0.3) is 0 Å². The molecule has 1 heterocycles. The molecule has 1 saturated carbocycles. The lowest BCUT2D eigenvalue weighted by Crippen LogP contribution is -2.56. The maximum absolute atomic E-state index is 5.56. The van der Waals surface area contributed by atoms with Crippen molar-refractivity contribution in [2.45, 2.75) is 51.0 Å². The van der Waals surface area contributed by atoms with Crippen molar-refractivity contribution in [1.29, 1.82) is 0 Å². The molecule has 2 fully saturated rings. The van der Waals surface area contributed by atoms with Gasteiger partial charge in [0.25, 0.3) is 0 Å². The van der Waals surface area contributed by atoms with E-state index in [1.54, 1.807) is 7.11 Å². The molecule has 0 atom stereocenters. The lowest BCUT2D eigenvalue weighted by molar-refractivity contribution is -0.0333. The molecule has 0 aromatic carbocycles. The molecule has 0 aromatic heterocycles. The van der Waals surface area contributed by atoms with E-state index in [0.717, 1.165) is 64.9 Å². The van der Waals surface area contributed by atoms with Crippen molar-refractivity contribution in [1.82, 2.24) is 15.5 Å². The molecule has 0 unspecified atom stereocenters. The van der Waals surface area contributed by atoms with Crippen molar-refractivity contribution in [2.75, 3.05) is 59.7 Å². The molecular formula is C18H36N4O2. The number of nitrogens with zero attached hydrogens (tertiary/aromatic N) is 2. The van der Waals surface area contributed by atoms with Gasteiger partial charge < -0.3 is 20.1 Å². The Morgan fingerprint density at radius 1 is 1.17 bits per heavy atom. The number of hydrogen-bond donors (Lipinski definition) is 2. The van der Waals surface area contributed by atoms with Gasteiger partial charge in [0.1, 0.15) is 0 Å². The van der Waals surface area contributed by atoms with Gasteiger partial charge in [-0.3, -0.25) is 9.89 Å². The number of nitrogens with one attached hydrogen (secondary N) is 2. The molecule has 6 nitrogen and oxygen atoms in total. The van der Waals surface area contributed by atoms with Crippen LogP contribution in [0.5, 0.6) is 0 Å². The van der Waals surface area contributed by atoms with Crippen LogP contribution in [0.4, 0.5) is 0 Å². The third kappa shape index (κ3) is 5.90. The van der Waals surface area contributed by atoms with Crippen LogP contribution in [0.3, 0.4) is 0 Å². The van der Waals surface area contributed by atoms with Crippen LogP contribution < -0.4 is 10.6 Å². The number of methoxy groups -OCH3 is 1. The lowest BCUT2D eigenvalue weighted by Gasteiger charge is -2.47. The average Bonchev–Trinajstić information content (AvgIpc) is 2.64. The van der Waals surface area contributed by atoms with Crippen molar-refractivity contribution < 1.29 is 9.47 Å². The summed E-state index contributed by atoms with van der Waals surface area (Å²) >= 11 is 0. The third-order valence-corrected chi connectivity index (χ3v) is 5.16. The SMILES string of the molecule is CCNC(=NCC1(N2CCOCC2)CCCCC1)NCCCOC. The van der Waals surface area contributed by atoms with Crippen molar-refractivity contribution in [3.63, 3.8) is 0 Å². The minimum atomic E-state index is 0.233. The van der Waals surface area contributed by atoms with Crippen LogP contribution in [0.15, 0.2) is 4.99 Å². The minimum Gasteiger partial charge on any atom is -0.385 e. The molecule has 0 aromatic rings. The van der Waals surface area contributed by atoms with E-state index in [1.165, 1.54) is 32.1 Å². The zero-order valence-corrected chi connectivity index (χ0v) is 15.6. The summed E-state index contributed by atoms with van der Waals surface area (Å²) in [6.45, 7) is 9.38. The van der Waals surface area contributed by atoms with Crippen molar-refractivity contribution in [2.24, 2.45) is 4.99 Å². The van der Waals surface area contributed by atoms with E-state index < -0.39 is 0 Å². The smallest absolute Gasteiger partial charge is 0.191 e. The average molecular weight is 341 g/mol. The first-order valence-electron chi connectivity index (χ1n) is 9.65. The largest absolute Gasteiger partial charge is 0.385 e. The highest BCUT2D eigenvalue weighted by atomic mass is 16.5. The standard InChI is InChI=1S/C18H36N4O2/c1-3-19-17(20-10-7-13-23-2)21-16-18(8-5-4-6-9-18)22-11-14-24-15-12-22/h3-16H2,1-2H3,(H2,19,20,21). The first kappa shape index (κ1) is 19.5. The number of ether oxygens (including phenoxy) is 2. The van der Waals surface area contributed by atoms with Gasteiger partial charge in [0.05, 0.1) is 19.8 Å². The van der Waals surface area contributed by atoms with Gasteiger partial charge in [-0.2, -0.15) is 0 Å². The van der Waals surface area contributed by atoms with Crippen LogP contribution in [-0.2, 0) is 9.47 Å². The molecule has 6 heteroatoms. The van der Waals surface area contributed by atoms with Crippen LogP contribution >= 0.6 is 0 Å². The number of hydrogen-bond acceptors (Lipinski definition) is 4. The van der Waals surface area contributed by atoms with E-state index in [1.807, 2.05) is 0 Å². The molecule has 1 aliphatic carbocycles. The van der Waals surface area contributed by atoms with E-state index >= 15 is 0 Å². The molecule has 1 saturated heterocycles. The van der Waals surface area contributed by atoms with E-state index in [-0.39, 0.29) is 5.54 Å². The first-order chi connectivity index (χ1) is 11.8. The van der Waals surface area contributed by atoms with Gasteiger partial charge in [-0.15, -0.1) is 0 Å². The van der Waals surface area contributed by atoms with Crippen LogP contribution in [0.1, 0.15) is 45.4 Å². The molecule has 0 radical (unpaired) electrons. The van der Waals surface area contributed by atoms with Gasteiger partial charge in [0, 0.05) is 45.4 Å². The third-order valence-electron chi connectivity index (χ3n) is 5.16. The number of morpholine rings is 1. The van der Waals surface area contributed by atoms with E-state index in [9.17, 15) is 0 Å². The molecule has 2 aliphatic rings. The van der Waals surface area contributed by atoms with Gasteiger partial charge in [-0.25, -0.2) is 0 Å². The van der Waals surface area contributed by atoms with Gasteiger partial charge in [0.15, 0.2) is 5.96 Å². The summed E-state index contributed by atoms with van der Waals surface area (Å²) < 4.78 is 10.7. The van der Waals surface area contributed by atoms with Crippen molar-refractivity contribution in [3.8, 4) is 0 Å². The topological polar surface area (TPSA) is 58.1 Å². The Labute approximate surface area is 147 Å². The Morgan fingerprint density at radius 3 is 2.58 bits per heavy atom. The molecule has 0 bridgehead atoms. The lowest BCUT2D eigenvalue weighted by atomic mass is 9.80. The highest BCUT2D eigenvalue weighted by molar-refractivity contribution is 5.79. The molecule has 24 heavy (non-hydrogen) atoms. The predicted molar refractivity (Wildman–Crippen MR) is 98.7 cm³/mol. The molecule has 0 amide bonds. The van der Waals surface area contributed by atoms with Gasteiger partial charge in [0.2, 0.25) is 0 Å². The maximum Gasteiger partial charge on any atom is 0.191 e. The second kappa shape index (κ2) is 10.9. The fourth-order valence-corrected chi connectivity index (χ4v) is 3.81. The van der Waals surface area contributed by atoms with Crippen LogP contribution in [-0.4, -0.2) is 76.1 Å². The van der Waals surface area contributed by atoms with E-state index in [2.05, 4.69) is 22.5 Å². The normalized spacial score (nSPS) is 22.3. The van der Waals surface area contributed by atoms with Gasteiger partial charge in [-0.05, 0) is 26.2 Å². The zero-order chi connectivity index (χ0) is 17.1. The fourth-order valence-electron chi connectivity index (χ4n) is 3.81. The fraction of sp³-hybridized carbons (Fsp3) is 0.944. The monoisotopic (exact) mass is 340 g/mol. The van der Waals surface area contributed by atoms with E-state index in [4.69, 9.17) is 14.5 Å². The summed E-state index contributed by atoms with van der Waals surface area (Å²) in [4.78, 5) is 7.60. The van der Waals surface area contributed by atoms with Crippen molar-refractivity contribution >= 4 is 5.96 Å². The number of rotatable bonds is 8.